The number of rotatable bonds is 4. The van der Waals surface area contributed by atoms with Gasteiger partial charge in [0.05, 0.1) is 12.5 Å². The van der Waals surface area contributed by atoms with E-state index in [1.54, 1.807) is 0 Å². The van der Waals surface area contributed by atoms with Crippen molar-refractivity contribution in [2.45, 2.75) is 70.8 Å². The summed E-state index contributed by atoms with van der Waals surface area (Å²) in [6, 6.07) is 9.32. The number of aromatic nitrogens is 2. The molecular weight excluding hydrogens is 400 g/mol. The third-order valence-corrected chi connectivity index (χ3v) is 7.34. The first kappa shape index (κ1) is 21.1. The Labute approximate surface area is 190 Å². The SMILES string of the molecule is Cc1nc(C2CCCCN2C(=O)c2ccccc2)nc2c1CC(=O)N2CC1CCCCC1. The fourth-order valence-corrected chi connectivity index (χ4v) is 5.55. The first-order chi connectivity index (χ1) is 15.6. The highest BCUT2D eigenvalue weighted by Gasteiger charge is 2.36. The molecule has 6 nitrogen and oxygen atoms in total. The number of fused-ring (bicyclic) bond motifs is 1. The molecule has 1 aromatic carbocycles. The standard InChI is InChI=1S/C26H32N4O2/c1-18-21-16-23(31)30(17-19-10-4-2-5-11-19)25(21)28-24(27-18)22-14-8-9-15-29(22)26(32)20-12-6-3-7-13-20/h3,6-7,12-13,19,22H,2,4-5,8-11,14-17H2,1H3. The predicted molar refractivity (Wildman–Crippen MR) is 123 cm³/mol. The molecule has 2 aromatic rings. The summed E-state index contributed by atoms with van der Waals surface area (Å²) in [7, 11) is 0. The lowest BCUT2D eigenvalue weighted by Gasteiger charge is -2.35. The zero-order valence-corrected chi connectivity index (χ0v) is 18.9. The zero-order chi connectivity index (χ0) is 22.1. The minimum absolute atomic E-state index is 0.0344. The summed E-state index contributed by atoms with van der Waals surface area (Å²) >= 11 is 0. The minimum atomic E-state index is -0.146. The van der Waals surface area contributed by atoms with Gasteiger partial charge in [0, 0.05) is 29.9 Å². The topological polar surface area (TPSA) is 66.4 Å². The number of carbonyl (C=O) groups is 2. The van der Waals surface area contributed by atoms with Crippen molar-refractivity contribution >= 4 is 17.6 Å². The highest BCUT2D eigenvalue weighted by atomic mass is 16.2. The molecule has 6 heteroatoms. The minimum Gasteiger partial charge on any atom is -0.328 e. The van der Waals surface area contributed by atoms with Gasteiger partial charge in [-0.1, -0.05) is 37.5 Å². The fourth-order valence-electron chi connectivity index (χ4n) is 5.55. The van der Waals surface area contributed by atoms with E-state index >= 15 is 0 Å². The molecule has 1 atom stereocenters. The number of hydrogen-bond donors (Lipinski definition) is 0. The summed E-state index contributed by atoms with van der Waals surface area (Å²) < 4.78 is 0. The Balaban J connectivity index is 1.45. The molecule has 168 valence electrons. The number of piperidine rings is 1. The van der Waals surface area contributed by atoms with E-state index in [1.807, 2.05) is 47.1 Å². The second-order valence-electron chi connectivity index (χ2n) is 9.53. The molecule has 5 rings (SSSR count). The van der Waals surface area contributed by atoms with Gasteiger partial charge in [-0.05, 0) is 57.1 Å². The summed E-state index contributed by atoms with van der Waals surface area (Å²) in [5.74, 6) is 2.21. The van der Waals surface area contributed by atoms with Gasteiger partial charge in [0.25, 0.3) is 5.91 Å². The predicted octanol–water partition coefficient (Wildman–Crippen LogP) is 4.62. The monoisotopic (exact) mass is 432 g/mol. The van der Waals surface area contributed by atoms with Crippen molar-refractivity contribution in [1.29, 1.82) is 0 Å². The van der Waals surface area contributed by atoms with Gasteiger partial charge in [-0.25, -0.2) is 9.97 Å². The highest BCUT2D eigenvalue weighted by Crippen LogP contribution is 2.36. The summed E-state index contributed by atoms with van der Waals surface area (Å²) in [5.41, 5.74) is 2.54. The molecule has 0 N–H and O–H groups in total. The van der Waals surface area contributed by atoms with Gasteiger partial charge in [-0.15, -0.1) is 0 Å². The van der Waals surface area contributed by atoms with Gasteiger partial charge >= 0.3 is 0 Å². The first-order valence-electron chi connectivity index (χ1n) is 12.2. The van der Waals surface area contributed by atoms with Crippen LogP contribution in [-0.2, 0) is 11.2 Å². The van der Waals surface area contributed by atoms with Crippen molar-refractivity contribution in [1.82, 2.24) is 14.9 Å². The smallest absolute Gasteiger partial charge is 0.254 e. The zero-order valence-electron chi connectivity index (χ0n) is 18.9. The Hall–Kier alpha value is -2.76. The van der Waals surface area contributed by atoms with E-state index in [4.69, 9.17) is 9.97 Å². The van der Waals surface area contributed by atoms with Crippen molar-refractivity contribution in [2.24, 2.45) is 5.92 Å². The molecule has 32 heavy (non-hydrogen) atoms. The lowest BCUT2D eigenvalue weighted by Crippen LogP contribution is -2.39. The molecule has 2 aliphatic heterocycles. The van der Waals surface area contributed by atoms with E-state index in [0.29, 0.717) is 30.3 Å². The van der Waals surface area contributed by atoms with Crippen LogP contribution in [0.3, 0.4) is 0 Å². The van der Waals surface area contributed by atoms with Crippen LogP contribution in [0.5, 0.6) is 0 Å². The summed E-state index contributed by atoms with van der Waals surface area (Å²) in [5, 5.41) is 0. The second kappa shape index (κ2) is 9.00. The number of hydrogen-bond acceptors (Lipinski definition) is 4. The van der Waals surface area contributed by atoms with Gasteiger partial charge in [0.15, 0.2) is 5.82 Å². The quantitative estimate of drug-likeness (QED) is 0.707. The lowest BCUT2D eigenvalue weighted by molar-refractivity contribution is -0.117. The van der Waals surface area contributed by atoms with E-state index in [-0.39, 0.29) is 17.9 Å². The van der Waals surface area contributed by atoms with Crippen molar-refractivity contribution in [3.63, 3.8) is 0 Å². The number of anilines is 1. The average molecular weight is 433 g/mol. The first-order valence-corrected chi connectivity index (χ1v) is 12.2. The molecule has 0 radical (unpaired) electrons. The van der Waals surface area contributed by atoms with Crippen LogP contribution >= 0.6 is 0 Å². The maximum atomic E-state index is 13.3. The molecule has 2 fully saturated rings. The third-order valence-electron chi connectivity index (χ3n) is 7.34. The van der Waals surface area contributed by atoms with Gasteiger partial charge in [0.2, 0.25) is 5.91 Å². The van der Waals surface area contributed by atoms with Crippen LogP contribution in [0.1, 0.15) is 84.8 Å². The Bertz CT molecular complexity index is 1000. The van der Waals surface area contributed by atoms with Crippen LogP contribution in [0.15, 0.2) is 30.3 Å². The number of aryl methyl sites for hydroxylation is 1. The van der Waals surface area contributed by atoms with Crippen LogP contribution in [0, 0.1) is 12.8 Å². The van der Waals surface area contributed by atoms with Gasteiger partial charge in [0.1, 0.15) is 5.82 Å². The molecule has 1 aromatic heterocycles. The number of amides is 2. The molecule has 1 aliphatic carbocycles. The average Bonchev–Trinajstić information content (AvgIpc) is 3.15. The van der Waals surface area contributed by atoms with Crippen LogP contribution in [-0.4, -0.2) is 39.8 Å². The summed E-state index contributed by atoms with van der Waals surface area (Å²) in [6.07, 6.45) is 9.49. The van der Waals surface area contributed by atoms with Crippen molar-refractivity contribution < 1.29 is 9.59 Å². The van der Waals surface area contributed by atoms with Gasteiger partial charge in [-0.3, -0.25) is 14.5 Å². The van der Waals surface area contributed by atoms with E-state index in [1.165, 1.54) is 32.1 Å². The number of benzene rings is 1. The highest BCUT2D eigenvalue weighted by molar-refractivity contribution is 6.00. The van der Waals surface area contributed by atoms with E-state index < -0.39 is 0 Å². The van der Waals surface area contributed by atoms with Crippen molar-refractivity contribution in [3.8, 4) is 0 Å². The Kier molecular flexibility index (Phi) is 5.94. The Morgan fingerprint density at radius 2 is 1.75 bits per heavy atom. The van der Waals surface area contributed by atoms with Crippen LogP contribution in [0.2, 0.25) is 0 Å². The molecule has 3 heterocycles. The second-order valence-corrected chi connectivity index (χ2v) is 9.53. The van der Waals surface area contributed by atoms with E-state index in [2.05, 4.69) is 0 Å². The number of carbonyl (C=O) groups excluding carboxylic acids is 2. The maximum Gasteiger partial charge on any atom is 0.254 e. The van der Waals surface area contributed by atoms with Crippen molar-refractivity contribution in [2.75, 3.05) is 18.0 Å². The molecule has 1 unspecified atom stereocenters. The normalized spacial score (nSPS) is 21.7. The molecule has 1 saturated carbocycles. The largest absolute Gasteiger partial charge is 0.328 e. The molecule has 0 spiro atoms. The number of nitrogens with zero attached hydrogens (tertiary/aromatic N) is 4. The lowest BCUT2D eigenvalue weighted by atomic mass is 9.89. The van der Waals surface area contributed by atoms with Gasteiger partial charge < -0.3 is 4.90 Å². The Morgan fingerprint density at radius 3 is 2.53 bits per heavy atom. The van der Waals surface area contributed by atoms with Crippen molar-refractivity contribution in [3.05, 3.63) is 53.0 Å². The van der Waals surface area contributed by atoms with Crippen LogP contribution in [0.25, 0.3) is 0 Å². The molecular formula is C26H32N4O2. The molecule has 1 saturated heterocycles. The van der Waals surface area contributed by atoms with E-state index in [9.17, 15) is 9.59 Å². The summed E-state index contributed by atoms with van der Waals surface area (Å²) in [4.78, 5) is 39.8. The number of likely N-dealkylation sites (tertiary alicyclic amines) is 1. The molecule has 2 amide bonds. The summed E-state index contributed by atoms with van der Waals surface area (Å²) in [6.45, 7) is 3.45. The molecule has 3 aliphatic rings. The van der Waals surface area contributed by atoms with Crippen LogP contribution < -0.4 is 4.90 Å². The van der Waals surface area contributed by atoms with Gasteiger partial charge in [-0.2, -0.15) is 0 Å². The maximum absolute atomic E-state index is 13.3. The molecule has 0 bridgehead atoms. The Morgan fingerprint density at radius 1 is 1.00 bits per heavy atom. The fraction of sp³-hybridized carbons (Fsp3) is 0.538. The van der Waals surface area contributed by atoms with Crippen LogP contribution in [0.4, 0.5) is 5.82 Å². The van der Waals surface area contributed by atoms with E-state index in [0.717, 1.165) is 42.9 Å². The third kappa shape index (κ3) is 4.03.